The van der Waals surface area contributed by atoms with Crippen LogP contribution < -0.4 is 0 Å². The van der Waals surface area contributed by atoms with Crippen molar-refractivity contribution in [1.82, 2.24) is 0 Å². The van der Waals surface area contributed by atoms with Crippen LogP contribution in [0.25, 0.3) is 0 Å². The molecule has 0 aliphatic heterocycles. The molecule has 0 saturated heterocycles. The Labute approximate surface area is 130 Å². The van der Waals surface area contributed by atoms with E-state index in [4.69, 9.17) is 0 Å². The van der Waals surface area contributed by atoms with Crippen molar-refractivity contribution in [3.8, 4) is 23.7 Å². The van der Waals surface area contributed by atoms with Gasteiger partial charge in [-0.15, -0.1) is 0 Å². The zero-order valence-corrected chi connectivity index (χ0v) is 13.6. The topological polar surface area (TPSA) is 86.7 Å². The van der Waals surface area contributed by atoms with Gasteiger partial charge in [0, 0.05) is 11.1 Å². The minimum Gasteiger partial charge on any atom is -0.257 e. The van der Waals surface area contributed by atoms with Gasteiger partial charge in [0.25, 0.3) is 20.2 Å². The Balaban J connectivity index is 2.79. The second-order valence-electron chi connectivity index (χ2n) is 4.08. The summed E-state index contributed by atoms with van der Waals surface area (Å²) in [5.41, 5.74) is 1.15. The van der Waals surface area contributed by atoms with Gasteiger partial charge < -0.3 is 0 Å². The predicted molar refractivity (Wildman–Crippen MR) is 81.8 cm³/mol. The van der Waals surface area contributed by atoms with Gasteiger partial charge in [-0.25, -0.2) is 0 Å². The molecule has 0 aromatic heterocycles. The van der Waals surface area contributed by atoms with Crippen LogP contribution in [0.1, 0.15) is 11.1 Å². The lowest BCUT2D eigenvalue weighted by Crippen LogP contribution is -2.02. The van der Waals surface area contributed by atoms with E-state index in [0.717, 1.165) is 12.5 Å². The fourth-order valence-corrected chi connectivity index (χ4v) is 1.78. The monoisotopic (exact) mass is 342 g/mol. The Morgan fingerprint density at radius 2 is 1.18 bits per heavy atom. The minimum absolute atomic E-state index is 0.252. The van der Waals surface area contributed by atoms with E-state index in [-0.39, 0.29) is 13.2 Å². The maximum absolute atomic E-state index is 10.8. The highest BCUT2D eigenvalue weighted by Gasteiger charge is 1.99. The molecule has 0 radical (unpaired) electrons. The summed E-state index contributed by atoms with van der Waals surface area (Å²) < 4.78 is 52.2. The molecular weight excluding hydrogens is 328 g/mol. The Bertz CT molecular complexity index is 773. The molecule has 8 heteroatoms. The fourth-order valence-electron chi connectivity index (χ4n) is 1.24. The van der Waals surface area contributed by atoms with Crippen molar-refractivity contribution in [3.63, 3.8) is 0 Å². The molecule has 0 bridgehead atoms. The molecule has 22 heavy (non-hydrogen) atoms. The Hall–Kier alpha value is -1.84. The van der Waals surface area contributed by atoms with Gasteiger partial charge in [0.15, 0.2) is 0 Å². The third-order valence-corrected chi connectivity index (χ3v) is 3.16. The Morgan fingerprint density at radius 1 is 0.818 bits per heavy atom. The molecule has 1 aromatic rings. The number of hydrogen-bond donors (Lipinski definition) is 0. The summed E-state index contributed by atoms with van der Waals surface area (Å²) in [4.78, 5) is 0. The molecule has 0 heterocycles. The molecule has 118 valence electrons. The zero-order valence-electron chi connectivity index (χ0n) is 12.0. The summed E-state index contributed by atoms with van der Waals surface area (Å²) >= 11 is 0. The van der Waals surface area contributed by atoms with Crippen LogP contribution in [0, 0.1) is 23.7 Å². The van der Waals surface area contributed by atoms with Gasteiger partial charge in [-0.05, 0) is 12.1 Å². The van der Waals surface area contributed by atoms with Gasteiger partial charge in [-0.2, -0.15) is 16.8 Å². The van der Waals surface area contributed by atoms with Crippen LogP contribution in [0.2, 0.25) is 0 Å². The number of benzene rings is 1. The molecule has 0 N–H and O–H groups in total. The first kappa shape index (κ1) is 18.2. The summed E-state index contributed by atoms with van der Waals surface area (Å²) in [6, 6.07) is 6.91. The molecule has 0 atom stereocenters. The molecule has 1 aromatic carbocycles. The van der Waals surface area contributed by atoms with E-state index in [1.165, 1.54) is 0 Å². The van der Waals surface area contributed by atoms with Crippen molar-refractivity contribution in [1.29, 1.82) is 0 Å². The first-order valence-corrected chi connectivity index (χ1v) is 9.56. The van der Waals surface area contributed by atoms with Crippen LogP contribution in [-0.4, -0.2) is 42.6 Å². The van der Waals surface area contributed by atoms with Crippen molar-refractivity contribution in [2.45, 2.75) is 0 Å². The summed E-state index contributed by atoms with van der Waals surface area (Å²) in [6.45, 7) is -0.504. The zero-order chi connectivity index (χ0) is 16.6. The maximum atomic E-state index is 10.8. The average Bonchev–Trinajstić information content (AvgIpc) is 2.39. The number of hydrogen-bond acceptors (Lipinski definition) is 6. The molecule has 0 aliphatic carbocycles. The molecule has 0 unspecified atom stereocenters. The highest BCUT2D eigenvalue weighted by molar-refractivity contribution is 7.86. The third kappa shape index (κ3) is 8.45. The lowest BCUT2D eigenvalue weighted by Gasteiger charge is -1.96. The Kier molecular flexibility index (Phi) is 6.60. The highest BCUT2D eigenvalue weighted by atomic mass is 32.2. The fraction of sp³-hybridized carbons (Fsp3) is 0.286. The predicted octanol–water partition coefficient (Wildman–Crippen LogP) is 0.342. The molecule has 0 aliphatic rings. The van der Waals surface area contributed by atoms with E-state index in [0.29, 0.717) is 11.1 Å². The quantitative estimate of drug-likeness (QED) is 0.579. The summed E-state index contributed by atoms with van der Waals surface area (Å²) in [7, 11) is -7.05. The van der Waals surface area contributed by atoms with Gasteiger partial charge in [-0.1, -0.05) is 35.8 Å². The van der Waals surface area contributed by atoms with Crippen LogP contribution in [0.5, 0.6) is 0 Å². The van der Waals surface area contributed by atoms with Crippen LogP contribution >= 0.6 is 0 Å². The van der Waals surface area contributed by atoms with Crippen LogP contribution in [0.15, 0.2) is 24.3 Å². The largest absolute Gasteiger partial charge is 0.265 e. The number of rotatable bonds is 4. The van der Waals surface area contributed by atoms with Crippen molar-refractivity contribution >= 4 is 20.2 Å². The SMILES string of the molecule is CS(=O)(=O)OCC#Cc1ccccc1C#CCOS(C)(=O)=O. The molecule has 0 amide bonds. The van der Waals surface area contributed by atoms with Crippen molar-refractivity contribution < 1.29 is 25.2 Å². The summed E-state index contributed by atoms with van der Waals surface area (Å²) in [5, 5.41) is 0. The summed E-state index contributed by atoms with van der Waals surface area (Å²) in [5.74, 6) is 10.6. The average molecular weight is 342 g/mol. The molecule has 0 spiro atoms. The second-order valence-corrected chi connectivity index (χ2v) is 7.37. The third-order valence-electron chi connectivity index (χ3n) is 2.06. The Morgan fingerprint density at radius 3 is 1.50 bits per heavy atom. The van der Waals surface area contributed by atoms with E-state index in [1.54, 1.807) is 24.3 Å². The summed E-state index contributed by atoms with van der Waals surface area (Å²) in [6.07, 6.45) is 1.88. The second kappa shape index (κ2) is 7.97. The first-order valence-electron chi connectivity index (χ1n) is 5.93. The first-order chi connectivity index (χ1) is 10.2. The van der Waals surface area contributed by atoms with Crippen molar-refractivity contribution in [2.24, 2.45) is 0 Å². The van der Waals surface area contributed by atoms with Gasteiger partial charge in [0.2, 0.25) is 0 Å². The maximum Gasteiger partial charge on any atom is 0.265 e. The molecule has 6 nitrogen and oxygen atoms in total. The smallest absolute Gasteiger partial charge is 0.257 e. The van der Waals surface area contributed by atoms with Gasteiger partial charge in [-0.3, -0.25) is 8.37 Å². The standard InChI is InChI=1S/C14H14O6S2/c1-21(15,16)19-11-5-9-13-7-3-4-8-14(13)10-6-12-20-22(2,17)18/h3-4,7-8H,11-12H2,1-2H3. The van der Waals surface area contributed by atoms with Crippen molar-refractivity contribution in [3.05, 3.63) is 35.4 Å². The normalized spacial score (nSPS) is 11.0. The van der Waals surface area contributed by atoms with Crippen molar-refractivity contribution in [2.75, 3.05) is 25.7 Å². The molecular formula is C14H14O6S2. The minimum atomic E-state index is -3.52. The van der Waals surface area contributed by atoms with Crippen LogP contribution in [0.3, 0.4) is 0 Å². The molecule has 0 fully saturated rings. The van der Waals surface area contributed by atoms with Gasteiger partial charge in [0.1, 0.15) is 13.2 Å². The van der Waals surface area contributed by atoms with Crippen LogP contribution in [-0.2, 0) is 28.6 Å². The van der Waals surface area contributed by atoms with Crippen LogP contribution in [0.4, 0.5) is 0 Å². The lowest BCUT2D eigenvalue weighted by molar-refractivity contribution is 0.366. The van der Waals surface area contributed by atoms with Gasteiger partial charge >= 0.3 is 0 Å². The van der Waals surface area contributed by atoms with E-state index in [1.807, 2.05) is 0 Å². The molecule has 0 saturated carbocycles. The highest BCUT2D eigenvalue weighted by Crippen LogP contribution is 2.05. The lowest BCUT2D eigenvalue weighted by atomic mass is 10.1. The van der Waals surface area contributed by atoms with E-state index < -0.39 is 20.2 Å². The van der Waals surface area contributed by atoms with Gasteiger partial charge in [0.05, 0.1) is 12.5 Å². The van der Waals surface area contributed by atoms with E-state index >= 15 is 0 Å². The molecule has 1 rings (SSSR count). The van der Waals surface area contributed by atoms with E-state index in [2.05, 4.69) is 32.0 Å². The van der Waals surface area contributed by atoms with E-state index in [9.17, 15) is 16.8 Å².